The molecule has 132 valence electrons. The van der Waals surface area contributed by atoms with Gasteiger partial charge in [0.25, 0.3) is 0 Å². The van der Waals surface area contributed by atoms with Crippen LogP contribution >= 0.6 is 0 Å². The smallest absolute Gasteiger partial charge is 0.330 e. The summed E-state index contributed by atoms with van der Waals surface area (Å²) in [5, 5.41) is 0. The SMILES string of the molecule is COC(=O)C=C(C)C=CC=C(C)C1C=C2C(C)(C)CCCC2(C)O1. The Kier molecular flexibility index (Phi) is 5.54. The minimum absolute atomic E-state index is 0.0388. The molecule has 0 N–H and O–H groups in total. The number of hydrogen-bond acceptors (Lipinski definition) is 3. The fourth-order valence-corrected chi connectivity index (χ4v) is 3.81. The summed E-state index contributed by atoms with van der Waals surface area (Å²) >= 11 is 0. The third-order valence-corrected chi connectivity index (χ3v) is 5.17. The zero-order valence-corrected chi connectivity index (χ0v) is 15.8. The van der Waals surface area contributed by atoms with Crippen LogP contribution in [0.4, 0.5) is 0 Å². The Bertz CT molecular complexity index is 619. The van der Waals surface area contributed by atoms with Crippen LogP contribution in [0, 0.1) is 5.41 Å². The van der Waals surface area contributed by atoms with Crippen molar-refractivity contribution in [2.45, 2.75) is 65.6 Å². The van der Waals surface area contributed by atoms with Crippen LogP contribution in [0.5, 0.6) is 0 Å². The lowest BCUT2D eigenvalue weighted by atomic mass is 9.67. The van der Waals surface area contributed by atoms with Crippen LogP contribution in [0.25, 0.3) is 0 Å². The normalized spacial score (nSPS) is 30.2. The monoisotopic (exact) mass is 330 g/mol. The molecule has 2 atom stereocenters. The highest BCUT2D eigenvalue weighted by Gasteiger charge is 2.47. The number of esters is 1. The molecular formula is C21H30O3. The first-order chi connectivity index (χ1) is 11.2. The number of carbonyl (C=O) groups is 1. The van der Waals surface area contributed by atoms with E-state index in [2.05, 4.69) is 44.6 Å². The third-order valence-electron chi connectivity index (χ3n) is 5.17. The van der Waals surface area contributed by atoms with E-state index in [-0.39, 0.29) is 23.1 Å². The van der Waals surface area contributed by atoms with E-state index < -0.39 is 0 Å². The molecule has 0 spiro atoms. The number of hydrogen-bond donors (Lipinski definition) is 0. The lowest BCUT2D eigenvalue weighted by Gasteiger charge is -2.42. The number of carbonyl (C=O) groups excluding carboxylic acids is 1. The van der Waals surface area contributed by atoms with Gasteiger partial charge >= 0.3 is 5.97 Å². The molecule has 0 saturated heterocycles. The van der Waals surface area contributed by atoms with E-state index in [9.17, 15) is 4.79 Å². The van der Waals surface area contributed by atoms with E-state index in [1.165, 1.54) is 37.2 Å². The highest BCUT2D eigenvalue weighted by atomic mass is 16.5. The van der Waals surface area contributed by atoms with Crippen molar-refractivity contribution in [3.05, 3.63) is 47.1 Å². The molecule has 0 aromatic carbocycles. The topological polar surface area (TPSA) is 35.5 Å². The van der Waals surface area contributed by atoms with Crippen LogP contribution in [-0.4, -0.2) is 24.8 Å². The summed E-state index contributed by atoms with van der Waals surface area (Å²) in [4.78, 5) is 11.2. The molecule has 0 amide bonds. The molecule has 0 aromatic heterocycles. The number of rotatable bonds is 4. The van der Waals surface area contributed by atoms with Crippen molar-refractivity contribution in [2.24, 2.45) is 5.41 Å². The minimum atomic E-state index is -0.332. The molecule has 3 nitrogen and oxygen atoms in total. The average Bonchev–Trinajstić information content (AvgIpc) is 2.86. The zero-order chi connectivity index (χ0) is 18.0. The van der Waals surface area contributed by atoms with Gasteiger partial charge in [-0.05, 0) is 68.2 Å². The molecule has 0 bridgehead atoms. The Labute approximate surface area is 146 Å². The standard InChI is InChI=1S/C21H30O3/c1-15(13-19(22)23-6)9-7-10-16(2)17-14-18-20(3,4)11-8-12-21(18,5)24-17/h7,9-10,13-14,17H,8,11-12H2,1-6H3. The van der Waals surface area contributed by atoms with Gasteiger partial charge < -0.3 is 9.47 Å². The maximum absolute atomic E-state index is 11.2. The molecule has 2 unspecified atom stereocenters. The molecule has 2 aliphatic rings. The maximum Gasteiger partial charge on any atom is 0.330 e. The van der Waals surface area contributed by atoms with Gasteiger partial charge in [-0.25, -0.2) is 4.79 Å². The van der Waals surface area contributed by atoms with Gasteiger partial charge in [-0.1, -0.05) is 32.1 Å². The summed E-state index contributed by atoms with van der Waals surface area (Å²) in [6, 6.07) is 0. The number of allylic oxidation sites excluding steroid dienone is 4. The van der Waals surface area contributed by atoms with E-state index in [1.54, 1.807) is 0 Å². The summed E-state index contributed by atoms with van der Waals surface area (Å²) in [7, 11) is 1.38. The molecule has 3 heteroatoms. The largest absolute Gasteiger partial charge is 0.466 e. The van der Waals surface area contributed by atoms with E-state index in [4.69, 9.17) is 4.74 Å². The number of fused-ring (bicyclic) bond motifs is 1. The van der Waals surface area contributed by atoms with Crippen molar-refractivity contribution < 1.29 is 14.3 Å². The molecule has 1 aliphatic heterocycles. The van der Waals surface area contributed by atoms with Gasteiger partial charge in [0.15, 0.2) is 0 Å². The van der Waals surface area contributed by atoms with Crippen molar-refractivity contribution in [2.75, 3.05) is 7.11 Å². The summed E-state index contributed by atoms with van der Waals surface area (Å²) in [6.07, 6.45) is 13.3. The van der Waals surface area contributed by atoms with Gasteiger partial charge in [0.05, 0.1) is 18.8 Å². The van der Waals surface area contributed by atoms with Crippen LogP contribution in [0.1, 0.15) is 53.9 Å². The summed E-state index contributed by atoms with van der Waals surface area (Å²) in [5.74, 6) is -0.332. The molecule has 0 radical (unpaired) electrons. The second-order valence-corrected chi connectivity index (χ2v) is 7.77. The fraction of sp³-hybridized carbons (Fsp3) is 0.571. The van der Waals surface area contributed by atoms with Gasteiger partial charge in [-0.15, -0.1) is 0 Å². The van der Waals surface area contributed by atoms with Crippen LogP contribution in [0.3, 0.4) is 0 Å². The molecular weight excluding hydrogens is 300 g/mol. The Balaban J connectivity index is 2.11. The van der Waals surface area contributed by atoms with E-state index in [1.807, 2.05) is 19.1 Å². The number of ether oxygens (including phenoxy) is 2. The van der Waals surface area contributed by atoms with E-state index >= 15 is 0 Å². The van der Waals surface area contributed by atoms with E-state index in [0.29, 0.717) is 0 Å². The summed E-state index contributed by atoms with van der Waals surface area (Å²) < 4.78 is 11.0. The van der Waals surface area contributed by atoms with Crippen LogP contribution in [0.2, 0.25) is 0 Å². The Morgan fingerprint density at radius 1 is 1.29 bits per heavy atom. The van der Waals surface area contributed by atoms with Gasteiger partial charge in [0, 0.05) is 6.08 Å². The fourth-order valence-electron chi connectivity index (χ4n) is 3.81. The molecule has 0 aromatic rings. The van der Waals surface area contributed by atoms with E-state index in [0.717, 1.165) is 12.0 Å². The molecule has 1 aliphatic carbocycles. The van der Waals surface area contributed by atoms with Gasteiger partial charge in [-0.2, -0.15) is 0 Å². The summed E-state index contributed by atoms with van der Waals surface area (Å²) in [6.45, 7) is 10.8. The lowest BCUT2D eigenvalue weighted by molar-refractivity contribution is -0.134. The van der Waals surface area contributed by atoms with Crippen molar-refractivity contribution in [1.29, 1.82) is 0 Å². The summed E-state index contributed by atoms with van der Waals surface area (Å²) in [5.41, 5.74) is 3.59. The quantitative estimate of drug-likeness (QED) is 0.318. The van der Waals surface area contributed by atoms with Crippen LogP contribution < -0.4 is 0 Å². The second-order valence-electron chi connectivity index (χ2n) is 7.77. The molecule has 1 saturated carbocycles. The molecule has 1 heterocycles. The maximum atomic E-state index is 11.2. The van der Waals surface area contributed by atoms with Crippen molar-refractivity contribution in [3.8, 4) is 0 Å². The predicted octanol–water partition coefficient (Wildman–Crippen LogP) is 4.90. The Morgan fingerprint density at radius 2 is 2.00 bits per heavy atom. The predicted molar refractivity (Wildman–Crippen MR) is 97.7 cm³/mol. The Hall–Kier alpha value is -1.61. The molecule has 1 fully saturated rings. The highest BCUT2D eigenvalue weighted by molar-refractivity contribution is 5.83. The van der Waals surface area contributed by atoms with Gasteiger partial charge in [0.1, 0.15) is 0 Å². The van der Waals surface area contributed by atoms with Crippen LogP contribution in [0.15, 0.2) is 47.1 Å². The lowest BCUT2D eigenvalue weighted by Crippen LogP contribution is -2.39. The van der Waals surface area contributed by atoms with Crippen molar-refractivity contribution in [1.82, 2.24) is 0 Å². The first kappa shape index (κ1) is 18.7. The first-order valence-corrected chi connectivity index (χ1v) is 8.70. The third kappa shape index (κ3) is 4.07. The average molecular weight is 330 g/mol. The molecule has 2 rings (SSSR count). The van der Waals surface area contributed by atoms with Crippen LogP contribution in [-0.2, 0) is 14.3 Å². The Morgan fingerprint density at radius 3 is 2.62 bits per heavy atom. The highest BCUT2D eigenvalue weighted by Crippen LogP contribution is 2.51. The van der Waals surface area contributed by atoms with Crippen molar-refractivity contribution in [3.63, 3.8) is 0 Å². The first-order valence-electron chi connectivity index (χ1n) is 8.70. The second kappa shape index (κ2) is 7.10. The van der Waals surface area contributed by atoms with Gasteiger partial charge in [-0.3, -0.25) is 0 Å². The minimum Gasteiger partial charge on any atom is -0.466 e. The zero-order valence-electron chi connectivity index (χ0n) is 15.8. The number of methoxy groups -OCH3 is 1. The molecule has 24 heavy (non-hydrogen) atoms. The van der Waals surface area contributed by atoms with Gasteiger partial charge in [0.2, 0.25) is 0 Å². The van der Waals surface area contributed by atoms with Crippen molar-refractivity contribution >= 4 is 5.97 Å².